The Balaban J connectivity index is 1.37. The number of β-amino-alcohol motifs (C(OH)–C–C–N with tert-alkyl or cyclic N) is 1. The second-order valence-corrected chi connectivity index (χ2v) is 7.38. The molecular weight excluding hydrogens is 356 g/mol. The van der Waals surface area contributed by atoms with Gasteiger partial charge in [-0.15, -0.1) is 0 Å². The lowest BCUT2D eigenvalue weighted by atomic mass is 10.0. The molecule has 1 aliphatic heterocycles. The standard InChI is InChI=1S/C21H24N4O3/c1-14-5-2-3-6-15(14)9-19(27)23-16-10-17(26)12-25(11-16)13-20-24-21-18(28-20)7-4-8-22-21/h2-8,16-17,26H,9-13H2,1H3,(H,23,27)/t16-,17+/m0/s1. The third-order valence-electron chi connectivity index (χ3n) is 5.05. The number of likely N-dealkylation sites (tertiary alicyclic amines) is 1. The average Bonchev–Trinajstić information content (AvgIpc) is 3.05. The monoisotopic (exact) mass is 380 g/mol. The van der Waals surface area contributed by atoms with Crippen molar-refractivity contribution in [1.82, 2.24) is 20.2 Å². The number of pyridine rings is 1. The number of carbonyl (C=O) groups is 1. The molecule has 0 unspecified atom stereocenters. The van der Waals surface area contributed by atoms with Crippen molar-refractivity contribution in [3.63, 3.8) is 0 Å². The summed E-state index contributed by atoms with van der Waals surface area (Å²) in [7, 11) is 0. The van der Waals surface area contributed by atoms with Gasteiger partial charge in [0.05, 0.1) is 19.1 Å². The van der Waals surface area contributed by atoms with E-state index in [0.717, 1.165) is 11.1 Å². The molecular formula is C21H24N4O3. The van der Waals surface area contributed by atoms with Gasteiger partial charge in [-0.25, -0.2) is 4.98 Å². The third-order valence-corrected chi connectivity index (χ3v) is 5.05. The number of carbonyl (C=O) groups excluding carboxylic acids is 1. The summed E-state index contributed by atoms with van der Waals surface area (Å²) in [5, 5.41) is 13.3. The summed E-state index contributed by atoms with van der Waals surface area (Å²) in [5.74, 6) is 0.534. The highest BCUT2D eigenvalue weighted by Gasteiger charge is 2.28. The number of aryl methyl sites for hydroxylation is 1. The van der Waals surface area contributed by atoms with Crippen molar-refractivity contribution in [2.24, 2.45) is 0 Å². The Labute approximate surface area is 163 Å². The number of oxazole rings is 1. The number of aliphatic hydroxyl groups excluding tert-OH is 1. The van der Waals surface area contributed by atoms with E-state index in [2.05, 4.69) is 20.2 Å². The number of benzene rings is 1. The van der Waals surface area contributed by atoms with Gasteiger partial charge < -0.3 is 14.8 Å². The van der Waals surface area contributed by atoms with Gasteiger partial charge in [0.2, 0.25) is 11.8 Å². The van der Waals surface area contributed by atoms with E-state index in [-0.39, 0.29) is 11.9 Å². The molecule has 7 heteroatoms. The van der Waals surface area contributed by atoms with E-state index in [4.69, 9.17) is 4.42 Å². The molecule has 2 N–H and O–H groups in total. The lowest BCUT2D eigenvalue weighted by molar-refractivity contribution is -0.121. The van der Waals surface area contributed by atoms with Crippen molar-refractivity contribution < 1.29 is 14.3 Å². The second kappa shape index (κ2) is 8.08. The summed E-state index contributed by atoms with van der Waals surface area (Å²) in [6.07, 6.45) is 2.07. The van der Waals surface area contributed by atoms with Crippen LogP contribution in [0.5, 0.6) is 0 Å². The van der Waals surface area contributed by atoms with Crippen LogP contribution in [0.1, 0.15) is 23.4 Å². The number of amides is 1. The lowest BCUT2D eigenvalue weighted by Crippen LogP contribution is -2.52. The normalized spacial score (nSPS) is 20.4. The molecule has 7 nitrogen and oxygen atoms in total. The van der Waals surface area contributed by atoms with E-state index < -0.39 is 6.10 Å². The number of aliphatic hydroxyl groups is 1. The number of hydrogen-bond donors (Lipinski definition) is 2. The molecule has 2 aromatic heterocycles. The molecule has 3 heterocycles. The number of hydrogen-bond acceptors (Lipinski definition) is 6. The van der Waals surface area contributed by atoms with Crippen LogP contribution >= 0.6 is 0 Å². The first kappa shape index (κ1) is 18.6. The minimum atomic E-state index is -0.500. The average molecular weight is 380 g/mol. The fourth-order valence-corrected chi connectivity index (χ4v) is 3.73. The van der Waals surface area contributed by atoms with Gasteiger partial charge >= 0.3 is 0 Å². The molecule has 0 radical (unpaired) electrons. The predicted octanol–water partition coefficient (Wildman–Crippen LogP) is 1.83. The fourth-order valence-electron chi connectivity index (χ4n) is 3.73. The quantitative estimate of drug-likeness (QED) is 0.702. The topological polar surface area (TPSA) is 91.5 Å². The van der Waals surface area contributed by atoms with Crippen LogP contribution in [0.2, 0.25) is 0 Å². The Morgan fingerprint density at radius 2 is 2.14 bits per heavy atom. The van der Waals surface area contributed by atoms with Gasteiger partial charge in [0.15, 0.2) is 11.2 Å². The Kier molecular flexibility index (Phi) is 5.36. The number of piperidine rings is 1. The molecule has 1 saturated heterocycles. The van der Waals surface area contributed by atoms with Crippen LogP contribution in [0, 0.1) is 6.92 Å². The number of fused-ring (bicyclic) bond motifs is 1. The van der Waals surface area contributed by atoms with Gasteiger partial charge in [0.1, 0.15) is 0 Å². The molecule has 0 bridgehead atoms. The third kappa shape index (κ3) is 4.37. The molecule has 4 rings (SSSR count). The Morgan fingerprint density at radius 3 is 2.96 bits per heavy atom. The van der Waals surface area contributed by atoms with Crippen LogP contribution < -0.4 is 5.32 Å². The van der Waals surface area contributed by atoms with E-state index in [1.807, 2.05) is 43.3 Å². The van der Waals surface area contributed by atoms with E-state index in [1.165, 1.54) is 0 Å². The van der Waals surface area contributed by atoms with Gasteiger partial charge in [0.25, 0.3) is 0 Å². The van der Waals surface area contributed by atoms with Crippen LogP contribution in [0.4, 0.5) is 0 Å². The number of rotatable bonds is 5. The largest absolute Gasteiger partial charge is 0.438 e. The molecule has 1 aliphatic rings. The maximum atomic E-state index is 12.5. The zero-order valence-electron chi connectivity index (χ0n) is 15.8. The summed E-state index contributed by atoms with van der Waals surface area (Å²) in [5.41, 5.74) is 3.36. The van der Waals surface area contributed by atoms with Gasteiger partial charge in [-0.3, -0.25) is 9.69 Å². The van der Waals surface area contributed by atoms with E-state index in [1.54, 1.807) is 6.20 Å². The van der Waals surface area contributed by atoms with Crippen LogP contribution in [0.15, 0.2) is 47.0 Å². The Morgan fingerprint density at radius 1 is 1.29 bits per heavy atom. The molecule has 2 atom stereocenters. The summed E-state index contributed by atoms with van der Waals surface area (Å²) in [6.45, 7) is 3.64. The van der Waals surface area contributed by atoms with Crippen molar-refractivity contribution in [2.75, 3.05) is 13.1 Å². The number of aromatic nitrogens is 2. The molecule has 1 amide bonds. The van der Waals surface area contributed by atoms with Gasteiger partial charge in [-0.05, 0) is 36.6 Å². The van der Waals surface area contributed by atoms with Gasteiger partial charge in [0, 0.05) is 25.3 Å². The van der Waals surface area contributed by atoms with Crippen LogP contribution in [-0.2, 0) is 17.8 Å². The maximum Gasteiger partial charge on any atom is 0.224 e. The highest BCUT2D eigenvalue weighted by atomic mass is 16.3. The second-order valence-electron chi connectivity index (χ2n) is 7.38. The first-order chi connectivity index (χ1) is 13.6. The number of nitrogens with zero attached hydrogens (tertiary/aromatic N) is 3. The van der Waals surface area contributed by atoms with Crippen LogP contribution in [-0.4, -0.2) is 51.1 Å². The highest BCUT2D eigenvalue weighted by Crippen LogP contribution is 2.18. The van der Waals surface area contributed by atoms with Crippen molar-refractivity contribution in [2.45, 2.75) is 38.5 Å². The molecule has 0 spiro atoms. The zero-order valence-corrected chi connectivity index (χ0v) is 15.8. The van der Waals surface area contributed by atoms with Crippen molar-refractivity contribution in [3.8, 4) is 0 Å². The molecule has 0 saturated carbocycles. The molecule has 28 heavy (non-hydrogen) atoms. The molecule has 3 aromatic rings. The highest BCUT2D eigenvalue weighted by molar-refractivity contribution is 5.79. The van der Waals surface area contributed by atoms with Crippen molar-refractivity contribution in [3.05, 3.63) is 59.6 Å². The fraction of sp³-hybridized carbons (Fsp3) is 0.381. The Bertz CT molecular complexity index is 938. The summed E-state index contributed by atoms with van der Waals surface area (Å²) in [6, 6.07) is 11.4. The van der Waals surface area contributed by atoms with Crippen molar-refractivity contribution in [1.29, 1.82) is 0 Å². The minimum Gasteiger partial charge on any atom is -0.438 e. The minimum absolute atomic E-state index is 0.0283. The van der Waals surface area contributed by atoms with Gasteiger partial charge in [-0.1, -0.05) is 24.3 Å². The first-order valence-corrected chi connectivity index (χ1v) is 9.51. The van der Waals surface area contributed by atoms with E-state index in [9.17, 15) is 9.90 Å². The summed E-state index contributed by atoms with van der Waals surface area (Å²) >= 11 is 0. The molecule has 0 aliphatic carbocycles. The predicted molar refractivity (Wildman–Crippen MR) is 105 cm³/mol. The lowest BCUT2D eigenvalue weighted by Gasteiger charge is -2.35. The molecule has 146 valence electrons. The van der Waals surface area contributed by atoms with Crippen LogP contribution in [0.25, 0.3) is 11.2 Å². The maximum absolute atomic E-state index is 12.5. The van der Waals surface area contributed by atoms with Crippen LogP contribution in [0.3, 0.4) is 0 Å². The molecule has 1 aromatic carbocycles. The Hall–Kier alpha value is -2.77. The summed E-state index contributed by atoms with van der Waals surface area (Å²) in [4.78, 5) is 23.1. The van der Waals surface area contributed by atoms with Gasteiger partial charge in [-0.2, -0.15) is 4.98 Å². The number of nitrogens with one attached hydrogen (secondary N) is 1. The van der Waals surface area contributed by atoms with Crippen molar-refractivity contribution >= 4 is 17.1 Å². The SMILES string of the molecule is Cc1ccccc1CC(=O)N[C@H]1C[C@@H](O)CN(Cc2nc3ncccc3o2)C1. The van der Waals surface area contributed by atoms with E-state index >= 15 is 0 Å². The zero-order chi connectivity index (χ0) is 19.5. The molecule has 1 fully saturated rings. The van der Waals surface area contributed by atoms with E-state index in [0.29, 0.717) is 49.6 Å². The smallest absolute Gasteiger partial charge is 0.224 e. The first-order valence-electron chi connectivity index (χ1n) is 9.51. The summed E-state index contributed by atoms with van der Waals surface area (Å²) < 4.78 is 5.73.